The fourth-order valence-corrected chi connectivity index (χ4v) is 2.66. The minimum Gasteiger partial charge on any atom is -0.343 e. The Balaban J connectivity index is 2.82. The van der Waals surface area contributed by atoms with Gasteiger partial charge in [0.05, 0.1) is 23.1 Å². The number of thioether (sulfide) groups is 1. The van der Waals surface area contributed by atoms with Gasteiger partial charge in [0.2, 0.25) is 5.91 Å². The lowest BCUT2D eigenvalue weighted by Gasteiger charge is -2.24. The first-order chi connectivity index (χ1) is 11.0. The van der Waals surface area contributed by atoms with Gasteiger partial charge in [-0.3, -0.25) is 9.59 Å². The van der Waals surface area contributed by atoms with Gasteiger partial charge in [-0.1, -0.05) is 23.7 Å². The van der Waals surface area contributed by atoms with Crippen molar-refractivity contribution >= 4 is 35.2 Å². The lowest BCUT2D eigenvalue weighted by Crippen LogP contribution is -2.48. The molecule has 0 saturated carbocycles. The van der Waals surface area contributed by atoms with Crippen molar-refractivity contribution in [3.8, 4) is 6.07 Å². The van der Waals surface area contributed by atoms with Crippen LogP contribution >= 0.6 is 23.4 Å². The maximum atomic E-state index is 12.5. The molecule has 23 heavy (non-hydrogen) atoms. The van der Waals surface area contributed by atoms with Crippen LogP contribution in [0.5, 0.6) is 0 Å². The summed E-state index contributed by atoms with van der Waals surface area (Å²) in [6, 6.07) is 8.09. The number of halogens is 1. The number of nitrogens with zero attached hydrogens (tertiary/aromatic N) is 2. The largest absolute Gasteiger partial charge is 0.343 e. The third kappa shape index (κ3) is 6.12. The van der Waals surface area contributed by atoms with Crippen LogP contribution in [0.3, 0.4) is 0 Å². The molecule has 0 spiro atoms. The fraction of sp³-hybridized carbons (Fsp3) is 0.438. The van der Waals surface area contributed by atoms with Crippen LogP contribution in [0.1, 0.15) is 23.2 Å². The van der Waals surface area contributed by atoms with Gasteiger partial charge in [0.1, 0.15) is 6.04 Å². The van der Waals surface area contributed by atoms with Crippen molar-refractivity contribution in [2.75, 3.05) is 25.6 Å². The smallest absolute Gasteiger partial charge is 0.253 e. The molecule has 7 heteroatoms. The summed E-state index contributed by atoms with van der Waals surface area (Å²) in [5.74, 6) is 0.170. The van der Waals surface area contributed by atoms with E-state index in [1.807, 2.05) is 12.3 Å². The second-order valence-electron chi connectivity index (χ2n) is 4.96. The topological polar surface area (TPSA) is 73.2 Å². The fourth-order valence-electron chi connectivity index (χ4n) is 1.97. The van der Waals surface area contributed by atoms with Crippen molar-refractivity contribution < 1.29 is 9.59 Å². The van der Waals surface area contributed by atoms with Crippen LogP contribution in [0.25, 0.3) is 0 Å². The Kier molecular flexibility index (Phi) is 8.52. The molecule has 0 fully saturated rings. The van der Waals surface area contributed by atoms with E-state index in [9.17, 15) is 9.59 Å². The second kappa shape index (κ2) is 10.1. The highest BCUT2D eigenvalue weighted by Gasteiger charge is 2.24. The van der Waals surface area contributed by atoms with Crippen LogP contribution in [0.4, 0.5) is 0 Å². The van der Waals surface area contributed by atoms with Crippen molar-refractivity contribution in [1.82, 2.24) is 10.2 Å². The molecule has 0 aliphatic rings. The Hall–Kier alpha value is -1.71. The molecule has 0 bridgehead atoms. The zero-order valence-electron chi connectivity index (χ0n) is 13.2. The van der Waals surface area contributed by atoms with E-state index in [0.29, 0.717) is 23.6 Å². The first kappa shape index (κ1) is 19.3. The monoisotopic (exact) mass is 353 g/mol. The van der Waals surface area contributed by atoms with E-state index >= 15 is 0 Å². The summed E-state index contributed by atoms with van der Waals surface area (Å²) < 4.78 is 0. The number of nitrogens with one attached hydrogen (secondary N) is 1. The van der Waals surface area contributed by atoms with Gasteiger partial charge in [-0.2, -0.15) is 17.0 Å². The van der Waals surface area contributed by atoms with Crippen LogP contribution < -0.4 is 5.32 Å². The molecule has 1 unspecified atom stereocenters. The molecular formula is C16H20ClN3O2S. The molecule has 1 rings (SSSR count). The van der Waals surface area contributed by atoms with Gasteiger partial charge in [0.25, 0.3) is 5.91 Å². The number of rotatable bonds is 8. The van der Waals surface area contributed by atoms with Gasteiger partial charge in [0, 0.05) is 13.6 Å². The molecular weight excluding hydrogens is 334 g/mol. The maximum absolute atomic E-state index is 12.5. The van der Waals surface area contributed by atoms with Crippen LogP contribution in [0.15, 0.2) is 24.3 Å². The summed E-state index contributed by atoms with van der Waals surface area (Å²) in [5.41, 5.74) is 0.343. The van der Waals surface area contributed by atoms with E-state index in [1.165, 1.54) is 4.90 Å². The van der Waals surface area contributed by atoms with Crippen LogP contribution in [-0.2, 0) is 4.79 Å². The minimum absolute atomic E-state index is 0.199. The first-order valence-corrected chi connectivity index (χ1v) is 8.94. The SMILES string of the molecule is CSCCC(NC(=O)c1ccccc1Cl)C(=O)N(C)CCC#N. The number of nitriles is 1. The van der Waals surface area contributed by atoms with E-state index in [1.54, 1.807) is 43.1 Å². The molecule has 0 radical (unpaired) electrons. The first-order valence-electron chi connectivity index (χ1n) is 7.17. The summed E-state index contributed by atoms with van der Waals surface area (Å²) >= 11 is 7.62. The molecule has 0 aromatic heterocycles. The Morgan fingerprint density at radius 2 is 2.13 bits per heavy atom. The van der Waals surface area contributed by atoms with E-state index in [2.05, 4.69) is 5.32 Å². The number of amides is 2. The summed E-state index contributed by atoms with van der Waals surface area (Å²) in [6.07, 6.45) is 2.72. The van der Waals surface area contributed by atoms with Gasteiger partial charge in [-0.05, 0) is 30.6 Å². The Labute approximate surface area is 146 Å². The van der Waals surface area contributed by atoms with Gasteiger partial charge in [-0.15, -0.1) is 0 Å². The van der Waals surface area contributed by atoms with E-state index in [-0.39, 0.29) is 18.2 Å². The number of likely N-dealkylation sites (N-methyl/N-ethyl adjacent to an activating group) is 1. The molecule has 124 valence electrons. The molecule has 1 atom stereocenters. The normalized spacial score (nSPS) is 11.4. The summed E-state index contributed by atoms with van der Waals surface area (Å²) in [5, 5.41) is 11.7. The number of hydrogen-bond donors (Lipinski definition) is 1. The quantitative estimate of drug-likeness (QED) is 0.779. The molecule has 0 saturated heterocycles. The average molecular weight is 354 g/mol. The Morgan fingerprint density at radius 1 is 1.43 bits per heavy atom. The van der Waals surface area contributed by atoms with Crippen molar-refractivity contribution in [2.45, 2.75) is 18.9 Å². The number of carbonyl (C=O) groups is 2. The zero-order chi connectivity index (χ0) is 17.2. The van der Waals surface area contributed by atoms with Crippen LogP contribution in [0.2, 0.25) is 5.02 Å². The van der Waals surface area contributed by atoms with E-state index < -0.39 is 6.04 Å². The lowest BCUT2D eigenvalue weighted by molar-refractivity contribution is -0.131. The maximum Gasteiger partial charge on any atom is 0.253 e. The number of carbonyl (C=O) groups excluding carboxylic acids is 2. The number of hydrogen-bond acceptors (Lipinski definition) is 4. The van der Waals surface area contributed by atoms with E-state index in [4.69, 9.17) is 16.9 Å². The molecule has 1 aromatic rings. The van der Waals surface area contributed by atoms with Crippen molar-refractivity contribution in [3.05, 3.63) is 34.9 Å². The third-order valence-corrected chi connectivity index (χ3v) is 4.24. The van der Waals surface area contributed by atoms with Gasteiger partial charge < -0.3 is 10.2 Å². The molecule has 2 amide bonds. The highest BCUT2D eigenvalue weighted by Crippen LogP contribution is 2.15. The second-order valence-corrected chi connectivity index (χ2v) is 6.35. The van der Waals surface area contributed by atoms with Gasteiger partial charge in [-0.25, -0.2) is 0 Å². The zero-order valence-corrected chi connectivity index (χ0v) is 14.8. The predicted molar refractivity (Wildman–Crippen MR) is 93.6 cm³/mol. The minimum atomic E-state index is -0.630. The van der Waals surface area contributed by atoms with E-state index in [0.717, 1.165) is 5.75 Å². The standard InChI is InChI=1S/C16H20ClN3O2S/c1-20(10-5-9-18)16(22)14(8-11-23-2)19-15(21)12-6-3-4-7-13(12)17/h3-4,6-7,14H,5,8,10-11H2,1-2H3,(H,19,21). The molecule has 0 aliphatic carbocycles. The summed E-state index contributed by atoms with van der Waals surface area (Å²) in [6.45, 7) is 0.340. The Bertz CT molecular complexity index is 589. The van der Waals surface area contributed by atoms with Crippen LogP contribution in [0, 0.1) is 11.3 Å². The van der Waals surface area contributed by atoms with Crippen LogP contribution in [-0.4, -0.2) is 48.4 Å². The Morgan fingerprint density at radius 3 is 2.74 bits per heavy atom. The number of benzene rings is 1. The predicted octanol–water partition coefficient (Wildman–Crippen LogP) is 2.56. The molecule has 0 heterocycles. The molecule has 5 nitrogen and oxygen atoms in total. The summed E-state index contributed by atoms with van der Waals surface area (Å²) in [4.78, 5) is 26.3. The van der Waals surface area contributed by atoms with Crippen molar-refractivity contribution in [3.63, 3.8) is 0 Å². The highest BCUT2D eigenvalue weighted by molar-refractivity contribution is 7.98. The van der Waals surface area contributed by atoms with Gasteiger partial charge >= 0.3 is 0 Å². The average Bonchev–Trinajstić information content (AvgIpc) is 2.55. The third-order valence-electron chi connectivity index (χ3n) is 3.27. The molecule has 0 aliphatic heterocycles. The highest BCUT2D eigenvalue weighted by atomic mass is 35.5. The van der Waals surface area contributed by atoms with Crippen molar-refractivity contribution in [2.24, 2.45) is 0 Å². The van der Waals surface area contributed by atoms with Crippen molar-refractivity contribution in [1.29, 1.82) is 5.26 Å². The molecule has 1 aromatic carbocycles. The summed E-state index contributed by atoms with van der Waals surface area (Å²) in [7, 11) is 1.63. The molecule has 1 N–H and O–H groups in total. The lowest BCUT2D eigenvalue weighted by atomic mass is 10.1. The van der Waals surface area contributed by atoms with Gasteiger partial charge in [0.15, 0.2) is 0 Å².